The topological polar surface area (TPSA) is 3.24 Å². The van der Waals surface area contributed by atoms with Gasteiger partial charge in [-0.2, -0.15) is 0 Å². The van der Waals surface area contributed by atoms with Gasteiger partial charge in [0, 0.05) is 5.54 Å². The number of alkyl halides is 1. The van der Waals surface area contributed by atoms with E-state index in [2.05, 4.69) is 69.2 Å². The summed E-state index contributed by atoms with van der Waals surface area (Å²) in [5.74, 6) is 0. The van der Waals surface area contributed by atoms with Crippen LogP contribution in [0.2, 0.25) is 0 Å². The summed E-state index contributed by atoms with van der Waals surface area (Å²) in [6.07, 6.45) is 2.38. The van der Waals surface area contributed by atoms with Crippen LogP contribution >= 0.6 is 22.6 Å². The summed E-state index contributed by atoms with van der Waals surface area (Å²) in [5, 5.41) is 0. The molecular formula is C10H22IN. The first-order chi connectivity index (χ1) is 5.28. The van der Waals surface area contributed by atoms with E-state index in [0.717, 1.165) is 0 Å². The van der Waals surface area contributed by atoms with Crippen molar-refractivity contribution >= 4 is 22.6 Å². The highest BCUT2D eigenvalue weighted by Gasteiger charge is 2.33. The third kappa shape index (κ3) is 2.87. The maximum absolute atomic E-state index is 2.54. The van der Waals surface area contributed by atoms with Gasteiger partial charge in [0.15, 0.2) is 0 Å². The first-order valence-corrected chi connectivity index (χ1v) is 5.78. The second-order valence-corrected chi connectivity index (χ2v) is 6.54. The molecule has 2 heteroatoms. The van der Waals surface area contributed by atoms with E-state index in [9.17, 15) is 0 Å². The lowest BCUT2D eigenvalue weighted by molar-refractivity contribution is 0.0939. The monoisotopic (exact) mass is 283 g/mol. The first-order valence-electron chi connectivity index (χ1n) is 4.70. The fourth-order valence-electron chi connectivity index (χ4n) is 1.11. The smallest absolute Gasteiger partial charge is 0.0700 e. The van der Waals surface area contributed by atoms with Crippen molar-refractivity contribution in [3.05, 3.63) is 0 Å². The van der Waals surface area contributed by atoms with Gasteiger partial charge in [-0.1, -0.05) is 36.4 Å². The molecule has 0 aliphatic carbocycles. The summed E-state index contributed by atoms with van der Waals surface area (Å²) in [4.78, 5) is 2.47. The van der Waals surface area contributed by atoms with Crippen LogP contribution in [0.1, 0.15) is 47.5 Å². The highest BCUT2D eigenvalue weighted by atomic mass is 127. The van der Waals surface area contributed by atoms with E-state index >= 15 is 0 Å². The zero-order chi connectivity index (χ0) is 9.99. The van der Waals surface area contributed by atoms with E-state index in [0.29, 0.717) is 5.54 Å². The molecule has 0 bridgehead atoms. The Morgan fingerprint density at radius 3 is 1.75 bits per heavy atom. The molecule has 0 aliphatic rings. The molecule has 1 atom stereocenters. The number of rotatable bonds is 4. The zero-order valence-electron chi connectivity index (χ0n) is 9.24. The standard InChI is InChI=1S/C10H22IN/c1-7-9(3,4)12(6)10(5,11)8-2/h7-8H2,1-6H3. The molecule has 1 nitrogen and oxygen atoms in total. The minimum absolute atomic E-state index is 0.289. The normalized spacial score (nSPS) is 18.0. The van der Waals surface area contributed by atoms with Gasteiger partial charge in [-0.25, -0.2) is 0 Å². The second-order valence-electron chi connectivity index (χ2n) is 4.22. The molecule has 0 fully saturated rings. The van der Waals surface area contributed by atoms with Crippen LogP contribution in [0.15, 0.2) is 0 Å². The number of nitrogens with zero attached hydrogens (tertiary/aromatic N) is 1. The van der Waals surface area contributed by atoms with Gasteiger partial charge in [0.1, 0.15) is 0 Å². The highest BCUT2D eigenvalue weighted by Crippen LogP contribution is 2.33. The molecule has 0 radical (unpaired) electrons. The Hall–Kier alpha value is 0.690. The SMILES string of the molecule is CCC(C)(C)N(C)C(C)(I)CC. The van der Waals surface area contributed by atoms with Crippen molar-refractivity contribution in [3.8, 4) is 0 Å². The van der Waals surface area contributed by atoms with E-state index in [1.165, 1.54) is 12.8 Å². The van der Waals surface area contributed by atoms with Gasteiger partial charge in [-0.15, -0.1) is 0 Å². The Balaban J connectivity index is 4.47. The maximum Gasteiger partial charge on any atom is 0.0700 e. The lowest BCUT2D eigenvalue weighted by Gasteiger charge is -2.44. The Bertz CT molecular complexity index is 125. The Morgan fingerprint density at radius 2 is 1.50 bits per heavy atom. The second kappa shape index (κ2) is 4.27. The summed E-state index contributed by atoms with van der Waals surface area (Å²) < 4.78 is 0.289. The minimum atomic E-state index is 0.289. The molecule has 0 aromatic heterocycles. The summed E-state index contributed by atoms with van der Waals surface area (Å²) in [6.45, 7) is 11.4. The van der Waals surface area contributed by atoms with Crippen LogP contribution in [0.25, 0.3) is 0 Å². The van der Waals surface area contributed by atoms with E-state index in [-0.39, 0.29) is 3.55 Å². The van der Waals surface area contributed by atoms with E-state index in [4.69, 9.17) is 0 Å². The van der Waals surface area contributed by atoms with Crippen molar-refractivity contribution < 1.29 is 0 Å². The third-order valence-corrected chi connectivity index (χ3v) is 4.60. The molecule has 0 saturated heterocycles. The zero-order valence-corrected chi connectivity index (χ0v) is 11.4. The van der Waals surface area contributed by atoms with Crippen molar-refractivity contribution in [2.75, 3.05) is 7.05 Å². The van der Waals surface area contributed by atoms with Crippen LogP contribution < -0.4 is 0 Å². The van der Waals surface area contributed by atoms with Gasteiger partial charge < -0.3 is 0 Å². The Labute approximate surface area is 91.0 Å². The molecule has 0 saturated carbocycles. The summed E-state index contributed by atoms with van der Waals surface area (Å²) >= 11 is 2.54. The molecule has 0 N–H and O–H groups in total. The molecular weight excluding hydrogens is 261 g/mol. The van der Waals surface area contributed by atoms with E-state index < -0.39 is 0 Å². The van der Waals surface area contributed by atoms with E-state index in [1.54, 1.807) is 0 Å². The van der Waals surface area contributed by atoms with Crippen LogP contribution in [0, 0.1) is 0 Å². The summed E-state index contributed by atoms with van der Waals surface area (Å²) in [7, 11) is 2.22. The fraction of sp³-hybridized carbons (Fsp3) is 1.00. The molecule has 0 spiro atoms. The van der Waals surface area contributed by atoms with Gasteiger partial charge in [0.2, 0.25) is 0 Å². The molecule has 74 valence electrons. The lowest BCUT2D eigenvalue weighted by Crippen LogP contribution is -2.50. The predicted molar refractivity (Wildman–Crippen MR) is 64.8 cm³/mol. The average molecular weight is 283 g/mol. The molecule has 0 aliphatic heterocycles. The van der Waals surface area contributed by atoms with Crippen LogP contribution in [-0.4, -0.2) is 21.0 Å². The molecule has 0 heterocycles. The van der Waals surface area contributed by atoms with Crippen molar-refractivity contribution in [1.82, 2.24) is 4.90 Å². The Kier molecular flexibility index (Phi) is 4.51. The maximum atomic E-state index is 2.54. The van der Waals surface area contributed by atoms with Gasteiger partial charge in [0.05, 0.1) is 3.55 Å². The minimum Gasteiger partial charge on any atom is -0.287 e. The summed E-state index contributed by atoms with van der Waals surface area (Å²) in [6, 6.07) is 0. The van der Waals surface area contributed by atoms with Gasteiger partial charge in [0.25, 0.3) is 0 Å². The molecule has 0 rings (SSSR count). The quantitative estimate of drug-likeness (QED) is 0.432. The lowest BCUT2D eigenvalue weighted by atomic mass is 9.97. The van der Waals surface area contributed by atoms with Crippen LogP contribution in [-0.2, 0) is 0 Å². The molecule has 0 aromatic rings. The molecule has 0 amide bonds. The summed E-state index contributed by atoms with van der Waals surface area (Å²) in [5.41, 5.74) is 0.311. The number of halogens is 1. The predicted octanol–water partition coefficient (Wildman–Crippen LogP) is 3.67. The number of hydrogen-bond acceptors (Lipinski definition) is 1. The Morgan fingerprint density at radius 1 is 1.08 bits per heavy atom. The van der Waals surface area contributed by atoms with Gasteiger partial charge >= 0.3 is 0 Å². The van der Waals surface area contributed by atoms with Gasteiger partial charge in [-0.3, -0.25) is 4.90 Å². The van der Waals surface area contributed by atoms with Crippen LogP contribution in [0.3, 0.4) is 0 Å². The van der Waals surface area contributed by atoms with Crippen LogP contribution in [0.5, 0.6) is 0 Å². The number of hydrogen-bond donors (Lipinski definition) is 0. The molecule has 0 aromatic carbocycles. The molecule has 12 heavy (non-hydrogen) atoms. The van der Waals surface area contributed by atoms with Crippen LogP contribution in [0.4, 0.5) is 0 Å². The first kappa shape index (κ1) is 12.7. The van der Waals surface area contributed by atoms with Crippen molar-refractivity contribution in [2.24, 2.45) is 0 Å². The van der Waals surface area contributed by atoms with E-state index in [1.807, 2.05) is 0 Å². The molecule has 1 unspecified atom stereocenters. The largest absolute Gasteiger partial charge is 0.287 e. The van der Waals surface area contributed by atoms with Crippen molar-refractivity contribution in [3.63, 3.8) is 0 Å². The van der Waals surface area contributed by atoms with Crippen molar-refractivity contribution in [2.45, 2.75) is 56.5 Å². The van der Waals surface area contributed by atoms with Gasteiger partial charge in [-0.05, 0) is 40.7 Å². The third-order valence-electron chi connectivity index (χ3n) is 3.12. The average Bonchev–Trinajstić information content (AvgIpc) is 2.03. The fourth-order valence-corrected chi connectivity index (χ4v) is 1.76. The van der Waals surface area contributed by atoms with Crippen molar-refractivity contribution in [1.29, 1.82) is 0 Å². The highest BCUT2D eigenvalue weighted by molar-refractivity contribution is 14.1.